The molecule has 8 heteroatoms. The van der Waals surface area contributed by atoms with E-state index in [1.165, 1.54) is 17.5 Å². The number of fused-ring (bicyclic) bond motifs is 1. The van der Waals surface area contributed by atoms with Gasteiger partial charge >= 0.3 is 0 Å². The number of primary amides is 1. The minimum absolute atomic E-state index is 0.254. The summed E-state index contributed by atoms with van der Waals surface area (Å²) in [6, 6.07) is 5.08. The van der Waals surface area contributed by atoms with Gasteiger partial charge in [0, 0.05) is 12.1 Å². The summed E-state index contributed by atoms with van der Waals surface area (Å²) in [5, 5.41) is 2.80. The molecule has 0 radical (unpaired) electrons. The van der Waals surface area contributed by atoms with E-state index < -0.39 is 5.91 Å². The zero-order chi connectivity index (χ0) is 16.4. The third-order valence-electron chi connectivity index (χ3n) is 3.36. The van der Waals surface area contributed by atoms with Crippen molar-refractivity contribution in [1.82, 2.24) is 14.5 Å². The highest BCUT2D eigenvalue weighted by molar-refractivity contribution is 7.11. The summed E-state index contributed by atoms with van der Waals surface area (Å²) in [5.41, 5.74) is 8.76. The van der Waals surface area contributed by atoms with Crippen molar-refractivity contribution in [3.8, 4) is 0 Å². The third kappa shape index (κ3) is 2.93. The molecule has 3 rings (SSSR count). The molecule has 0 aliphatic rings. The van der Waals surface area contributed by atoms with Gasteiger partial charge in [0.05, 0.1) is 22.7 Å². The topological polar surface area (TPSA) is 103 Å². The summed E-state index contributed by atoms with van der Waals surface area (Å²) in [5.74, 6) is -0.315. The molecule has 3 aromatic rings. The van der Waals surface area contributed by atoms with Crippen LogP contribution in [0.2, 0.25) is 0 Å². The Balaban J connectivity index is 2.02. The van der Waals surface area contributed by atoms with E-state index in [4.69, 9.17) is 5.73 Å². The van der Waals surface area contributed by atoms with Crippen molar-refractivity contribution in [2.45, 2.75) is 19.9 Å². The summed E-state index contributed by atoms with van der Waals surface area (Å²) >= 11 is 1.26. The predicted octanol–water partition coefficient (Wildman–Crippen LogP) is 2.25. The van der Waals surface area contributed by atoms with Gasteiger partial charge in [0.2, 0.25) is 11.9 Å². The van der Waals surface area contributed by atoms with E-state index in [0.29, 0.717) is 28.5 Å². The molecule has 7 nitrogen and oxygen atoms in total. The molecular weight excluding hydrogens is 314 g/mol. The number of aromatic nitrogens is 3. The molecule has 0 atom stereocenters. The molecule has 0 saturated heterocycles. The molecule has 0 fully saturated rings. The van der Waals surface area contributed by atoms with Gasteiger partial charge in [-0.1, -0.05) is 6.92 Å². The van der Waals surface area contributed by atoms with Gasteiger partial charge in [-0.2, -0.15) is 0 Å². The lowest BCUT2D eigenvalue weighted by molar-refractivity contribution is 0.0998. The van der Waals surface area contributed by atoms with Gasteiger partial charge in [-0.05, 0) is 24.6 Å². The van der Waals surface area contributed by atoms with Gasteiger partial charge < -0.3 is 10.3 Å². The number of amides is 2. The van der Waals surface area contributed by atoms with Gasteiger partial charge in [-0.3, -0.25) is 19.9 Å². The number of aryl methyl sites for hydroxylation is 1. The number of hydrogen-bond acceptors (Lipinski definition) is 5. The molecule has 23 heavy (non-hydrogen) atoms. The van der Waals surface area contributed by atoms with Crippen molar-refractivity contribution in [2.75, 3.05) is 5.32 Å². The molecule has 0 unspecified atom stereocenters. The Morgan fingerprint density at radius 1 is 1.39 bits per heavy atom. The molecule has 118 valence electrons. The number of benzene rings is 1. The molecule has 0 spiro atoms. The first-order chi connectivity index (χ1) is 11.1. The second-order valence-electron chi connectivity index (χ2n) is 4.97. The second kappa shape index (κ2) is 6.17. The van der Waals surface area contributed by atoms with Crippen LogP contribution in [0.5, 0.6) is 0 Å². The first kappa shape index (κ1) is 15.2. The predicted molar refractivity (Wildman–Crippen MR) is 88.6 cm³/mol. The van der Waals surface area contributed by atoms with E-state index in [-0.39, 0.29) is 5.91 Å². The highest BCUT2D eigenvalue weighted by Gasteiger charge is 2.16. The molecule has 1 aromatic carbocycles. The van der Waals surface area contributed by atoms with Crippen molar-refractivity contribution >= 4 is 40.1 Å². The first-order valence-electron chi connectivity index (χ1n) is 7.10. The fourth-order valence-corrected chi connectivity index (χ4v) is 2.83. The van der Waals surface area contributed by atoms with E-state index in [1.807, 2.05) is 11.5 Å². The Kier molecular flexibility index (Phi) is 4.07. The van der Waals surface area contributed by atoms with Crippen molar-refractivity contribution in [3.63, 3.8) is 0 Å². The lowest BCUT2D eigenvalue weighted by Crippen LogP contribution is -2.15. The molecule has 0 saturated carbocycles. The number of hydrogen-bond donors (Lipinski definition) is 2. The zero-order valence-electron chi connectivity index (χ0n) is 12.4. The Bertz CT molecular complexity index is 870. The van der Waals surface area contributed by atoms with Crippen LogP contribution < -0.4 is 11.1 Å². The summed E-state index contributed by atoms with van der Waals surface area (Å²) < 4.78 is 1.92. The van der Waals surface area contributed by atoms with Gasteiger partial charge in [0.1, 0.15) is 4.88 Å². The van der Waals surface area contributed by atoms with Gasteiger partial charge in [0.25, 0.3) is 5.91 Å². The highest BCUT2D eigenvalue weighted by atomic mass is 32.1. The normalized spacial score (nSPS) is 10.8. The van der Waals surface area contributed by atoms with Crippen LogP contribution >= 0.6 is 11.3 Å². The smallest absolute Gasteiger partial charge is 0.269 e. The van der Waals surface area contributed by atoms with Crippen LogP contribution in [0.3, 0.4) is 0 Å². The fourth-order valence-electron chi connectivity index (χ4n) is 2.32. The van der Waals surface area contributed by atoms with Crippen LogP contribution in [0.1, 0.15) is 33.4 Å². The molecule has 2 amide bonds. The average Bonchev–Trinajstić information content (AvgIpc) is 3.16. The maximum Gasteiger partial charge on any atom is 0.269 e. The highest BCUT2D eigenvalue weighted by Crippen LogP contribution is 2.22. The second-order valence-corrected chi connectivity index (χ2v) is 5.86. The fraction of sp³-hybridized carbons (Fsp3) is 0.200. The van der Waals surface area contributed by atoms with Crippen molar-refractivity contribution in [1.29, 1.82) is 0 Å². The third-order valence-corrected chi connectivity index (χ3v) is 4.13. The Morgan fingerprint density at radius 2 is 2.22 bits per heavy atom. The van der Waals surface area contributed by atoms with E-state index in [9.17, 15) is 9.59 Å². The van der Waals surface area contributed by atoms with Gasteiger partial charge in [0.15, 0.2) is 0 Å². The van der Waals surface area contributed by atoms with Crippen LogP contribution in [0.25, 0.3) is 11.0 Å². The summed E-state index contributed by atoms with van der Waals surface area (Å²) in [7, 11) is 0. The van der Waals surface area contributed by atoms with E-state index >= 15 is 0 Å². The quantitative estimate of drug-likeness (QED) is 0.749. The van der Waals surface area contributed by atoms with Crippen molar-refractivity contribution in [2.24, 2.45) is 5.73 Å². The number of carbonyl (C=O) groups is 2. The van der Waals surface area contributed by atoms with Gasteiger partial charge in [-0.25, -0.2) is 4.98 Å². The van der Waals surface area contributed by atoms with Crippen LogP contribution in [0.15, 0.2) is 29.9 Å². The lowest BCUT2D eigenvalue weighted by Gasteiger charge is -2.08. The molecule has 2 aromatic heterocycles. The summed E-state index contributed by atoms with van der Waals surface area (Å²) in [6.45, 7) is 2.74. The first-order valence-corrected chi connectivity index (χ1v) is 7.98. The number of nitrogens with one attached hydrogen (secondary N) is 1. The summed E-state index contributed by atoms with van der Waals surface area (Å²) in [6.07, 6.45) is 2.39. The largest absolute Gasteiger partial charge is 0.366 e. The average molecular weight is 329 g/mol. The minimum atomic E-state index is -0.507. The molecular formula is C15H15N5O2S. The summed E-state index contributed by atoms with van der Waals surface area (Å²) in [4.78, 5) is 32.4. The number of rotatable bonds is 5. The Morgan fingerprint density at radius 3 is 2.87 bits per heavy atom. The number of imidazole rings is 1. The maximum atomic E-state index is 12.2. The van der Waals surface area contributed by atoms with E-state index in [0.717, 1.165) is 11.9 Å². The zero-order valence-corrected chi connectivity index (χ0v) is 13.3. The molecule has 2 heterocycles. The Labute approximate surface area is 136 Å². The molecule has 0 aliphatic carbocycles. The van der Waals surface area contributed by atoms with E-state index in [2.05, 4.69) is 15.3 Å². The SMILES string of the molecule is CCCn1c(NC(=O)c2cncs2)nc2cc(C(N)=O)ccc21. The number of anilines is 1. The standard InChI is InChI=1S/C15H15N5O2S/c1-2-5-20-11-4-3-9(13(16)21)6-10(11)18-15(20)19-14(22)12-7-17-8-23-12/h3-4,6-8H,2,5H2,1H3,(H2,16,21)(H,18,19,22). The molecule has 0 bridgehead atoms. The molecule has 3 N–H and O–H groups in total. The minimum Gasteiger partial charge on any atom is -0.366 e. The number of nitrogens with zero attached hydrogens (tertiary/aromatic N) is 3. The number of carbonyl (C=O) groups excluding carboxylic acids is 2. The van der Waals surface area contributed by atoms with E-state index in [1.54, 1.807) is 23.7 Å². The molecule has 0 aliphatic heterocycles. The van der Waals surface area contributed by atoms with Crippen LogP contribution in [0, 0.1) is 0 Å². The monoisotopic (exact) mass is 329 g/mol. The van der Waals surface area contributed by atoms with Crippen LogP contribution in [0.4, 0.5) is 5.95 Å². The lowest BCUT2D eigenvalue weighted by atomic mass is 10.2. The van der Waals surface area contributed by atoms with Crippen molar-refractivity contribution < 1.29 is 9.59 Å². The van der Waals surface area contributed by atoms with Crippen LogP contribution in [-0.2, 0) is 6.54 Å². The van der Waals surface area contributed by atoms with Crippen molar-refractivity contribution in [3.05, 3.63) is 40.3 Å². The van der Waals surface area contributed by atoms with Gasteiger partial charge in [-0.15, -0.1) is 11.3 Å². The Hall–Kier alpha value is -2.74. The van der Waals surface area contributed by atoms with Crippen LogP contribution in [-0.4, -0.2) is 26.3 Å². The number of nitrogens with two attached hydrogens (primary N) is 1. The maximum absolute atomic E-state index is 12.2. The number of thiazole rings is 1.